The summed E-state index contributed by atoms with van der Waals surface area (Å²) in [5.41, 5.74) is 0.948. The van der Waals surface area contributed by atoms with E-state index >= 15 is 0 Å². The van der Waals surface area contributed by atoms with E-state index in [1.807, 2.05) is 0 Å². The number of nitrogens with one attached hydrogen (secondary N) is 2. The fourth-order valence-corrected chi connectivity index (χ4v) is 2.22. The van der Waals surface area contributed by atoms with Crippen molar-refractivity contribution in [3.05, 3.63) is 53.8 Å². The maximum atomic E-state index is 13.1. The molecule has 2 rings (SSSR count). The highest BCUT2D eigenvalue weighted by atomic mass is 19.1. The molecule has 1 atom stereocenters. The third kappa shape index (κ3) is 4.69. The summed E-state index contributed by atoms with van der Waals surface area (Å²) in [5.74, 6) is -1.12. The maximum Gasteiger partial charge on any atom is 0.313 e. The number of ether oxygens (including phenoxy) is 2. The quantitative estimate of drug-likeness (QED) is 0.816. The minimum Gasteiger partial charge on any atom is -0.493 e. The molecule has 0 saturated heterocycles. The van der Waals surface area contributed by atoms with E-state index in [1.165, 1.54) is 32.4 Å². The minimum absolute atomic E-state index is 0.207. The van der Waals surface area contributed by atoms with Crippen molar-refractivity contribution in [1.29, 1.82) is 0 Å². The van der Waals surface area contributed by atoms with Crippen molar-refractivity contribution in [3.8, 4) is 11.5 Å². The van der Waals surface area contributed by atoms with Gasteiger partial charge in [-0.3, -0.25) is 9.59 Å². The predicted octanol–water partition coefficient (Wildman–Crippen LogP) is 2.66. The van der Waals surface area contributed by atoms with Gasteiger partial charge in [0.1, 0.15) is 5.82 Å². The second-order valence-corrected chi connectivity index (χ2v) is 5.27. The lowest BCUT2D eigenvalue weighted by Gasteiger charge is -2.16. The van der Waals surface area contributed by atoms with Crippen LogP contribution in [0.25, 0.3) is 0 Å². The van der Waals surface area contributed by atoms with Gasteiger partial charge in [-0.05, 0) is 42.8 Å². The fourth-order valence-electron chi connectivity index (χ4n) is 2.22. The number of hydrogen-bond donors (Lipinski definition) is 2. The highest BCUT2D eigenvalue weighted by Crippen LogP contribution is 2.29. The van der Waals surface area contributed by atoms with E-state index in [9.17, 15) is 14.0 Å². The van der Waals surface area contributed by atoms with Crippen molar-refractivity contribution < 1.29 is 23.5 Å². The van der Waals surface area contributed by atoms with Gasteiger partial charge in [0.2, 0.25) is 0 Å². The number of benzene rings is 2. The summed E-state index contributed by atoms with van der Waals surface area (Å²) in [6, 6.07) is 10.1. The smallest absolute Gasteiger partial charge is 0.313 e. The lowest BCUT2D eigenvalue weighted by Crippen LogP contribution is -2.36. The van der Waals surface area contributed by atoms with Crippen molar-refractivity contribution in [2.75, 3.05) is 19.5 Å². The van der Waals surface area contributed by atoms with Crippen LogP contribution in [0.5, 0.6) is 11.5 Å². The van der Waals surface area contributed by atoms with Crippen LogP contribution < -0.4 is 20.1 Å². The van der Waals surface area contributed by atoms with Crippen molar-refractivity contribution in [3.63, 3.8) is 0 Å². The van der Waals surface area contributed by atoms with Gasteiger partial charge >= 0.3 is 11.8 Å². The zero-order valence-corrected chi connectivity index (χ0v) is 14.1. The zero-order chi connectivity index (χ0) is 18.4. The van der Waals surface area contributed by atoms with Gasteiger partial charge in [0.05, 0.1) is 20.3 Å². The van der Waals surface area contributed by atoms with E-state index in [1.54, 1.807) is 25.1 Å². The lowest BCUT2D eigenvalue weighted by atomic mass is 10.1. The molecule has 7 heteroatoms. The predicted molar refractivity (Wildman–Crippen MR) is 91.1 cm³/mol. The van der Waals surface area contributed by atoms with Crippen LogP contribution in [0.15, 0.2) is 42.5 Å². The molecule has 0 aliphatic heterocycles. The van der Waals surface area contributed by atoms with E-state index in [-0.39, 0.29) is 5.69 Å². The molecule has 0 fully saturated rings. The molecule has 2 N–H and O–H groups in total. The highest BCUT2D eigenvalue weighted by Gasteiger charge is 2.18. The van der Waals surface area contributed by atoms with E-state index in [0.717, 1.165) is 11.6 Å². The number of methoxy groups -OCH3 is 2. The Morgan fingerprint density at radius 3 is 2.36 bits per heavy atom. The molecule has 0 radical (unpaired) electrons. The van der Waals surface area contributed by atoms with E-state index in [2.05, 4.69) is 10.6 Å². The number of carbonyl (C=O) groups excluding carboxylic acids is 2. The molecule has 132 valence electrons. The average molecular weight is 346 g/mol. The van der Waals surface area contributed by atoms with E-state index in [4.69, 9.17) is 9.47 Å². The van der Waals surface area contributed by atoms with Gasteiger partial charge in [0.15, 0.2) is 11.5 Å². The summed E-state index contributed by atoms with van der Waals surface area (Å²) in [6.07, 6.45) is 0. The Balaban J connectivity index is 2.03. The van der Waals surface area contributed by atoms with Crippen LogP contribution in [0.3, 0.4) is 0 Å². The number of hydrogen-bond acceptors (Lipinski definition) is 4. The molecule has 1 unspecified atom stereocenters. The van der Waals surface area contributed by atoms with Crippen LogP contribution in [0, 0.1) is 5.82 Å². The largest absolute Gasteiger partial charge is 0.493 e. The third-order valence-electron chi connectivity index (χ3n) is 3.54. The average Bonchev–Trinajstić information content (AvgIpc) is 2.60. The lowest BCUT2D eigenvalue weighted by molar-refractivity contribution is -0.136. The summed E-state index contributed by atoms with van der Waals surface area (Å²) in [7, 11) is 3.04. The summed E-state index contributed by atoms with van der Waals surface area (Å²) in [5, 5.41) is 4.92. The van der Waals surface area contributed by atoms with Gasteiger partial charge in [0.25, 0.3) is 0 Å². The highest BCUT2D eigenvalue weighted by molar-refractivity contribution is 6.39. The summed E-state index contributed by atoms with van der Waals surface area (Å²) in [6.45, 7) is 1.73. The van der Waals surface area contributed by atoms with Crippen molar-refractivity contribution in [2.45, 2.75) is 13.0 Å². The first-order valence-electron chi connectivity index (χ1n) is 7.54. The van der Waals surface area contributed by atoms with Gasteiger partial charge in [-0.25, -0.2) is 4.39 Å². The first-order valence-corrected chi connectivity index (χ1v) is 7.54. The molecule has 6 nitrogen and oxygen atoms in total. The topological polar surface area (TPSA) is 76.7 Å². The first kappa shape index (κ1) is 18.3. The molecule has 25 heavy (non-hydrogen) atoms. The molecule has 2 aromatic rings. The second-order valence-electron chi connectivity index (χ2n) is 5.27. The Kier molecular flexibility index (Phi) is 5.94. The number of rotatable bonds is 5. The van der Waals surface area contributed by atoms with Gasteiger partial charge in [-0.2, -0.15) is 0 Å². The third-order valence-corrected chi connectivity index (χ3v) is 3.54. The molecule has 0 aliphatic carbocycles. The van der Waals surface area contributed by atoms with Crippen molar-refractivity contribution in [2.24, 2.45) is 0 Å². The molecule has 0 bridgehead atoms. The molecule has 2 amide bonds. The van der Waals surface area contributed by atoms with Crippen LogP contribution in [0.4, 0.5) is 10.1 Å². The SMILES string of the molecule is COc1ccc(C(C)NC(=O)C(=O)Nc2cccc(F)c2)cc1OC. The maximum absolute atomic E-state index is 13.1. The van der Waals surface area contributed by atoms with Gasteiger partial charge in [-0.1, -0.05) is 12.1 Å². The summed E-state index contributed by atoms with van der Waals surface area (Å²) >= 11 is 0. The molecule has 0 heterocycles. The van der Waals surface area contributed by atoms with Gasteiger partial charge in [0, 0.05) is 5.69 Å². The van der Waals surface area contributed by atoms with Crippen LogP contribution in [0.2, 0.25) is 0 Å². The Bertz CT molecular complexity index is 779. The Morgan fingerprint density at radius 2 is 1.72 bits per heavy atom. The Morgan fingerprint density at radius 1 is 1.00 bits per heavy atom. The van der Waals surface area contributed by atoms with Crippen LogP contribution in [-0.2, 0) is 9.59 Å². The van der Waals surface area contributed by atoms with Crippen LogP contribution >= 0.6 is 0 Å². The standard InChI is InChI=1S/C18H19FN2O4/c1-11(12-7-8-15(24-2)16(9-12)25-3)20-17(22)18(23)21-14-6-4-5-13(19)10-14/h4-11H,1-3H3,(H,20,22)(H,21,23). The first-order chi connectivity index (χ1) is 11.9. The molecule has 0 spiro atoms. The number of amides is 2. The van der Waals surface area contributed by atoms with Gasteiger partial charge < -0.3 is 20.1 Å². The summed E-state index contributed by atoms with van der Waals surface area (Å²) < 4.78 is 23.5. The molecule has 0 saturated carbocycles. The monoisotopic (exact) mass is 346 g/mol. The molecular weight excluding hydrogens is 327 g/mol. The van der Waals surface area contributed by atoms with Crippen LogP contribution in [0.1, 0.15) is 18.5 Å². The minimum atomic E-state index is -0.877. The summed E-state index contributed by atoms with van der Waals surface area (Å²) in [4.78, 5) is 23.9. The fraction of sp³-hybridized carbons (Fsp3) is 0.222. The van der Waals surface area contributed by atoms with E-state index < -0.39 is 23.7 Å². The van der Waals surface area contributed by atoms with Gasteiger partial charge in [-0.15, -0.1) is 0 Å². The van der Waals surface area contributed by atoms with Crippen molar-refractivity contribution in [1.82, 2.24) is 5.32 Å². The number of halogens is 1. The van der Waals surface area contributed by atoms with Crippen molar-refractivity contribution >= 4 is 17.5 Å². The normalized spacial score (nSPS) is 11.4. The van der Waals surface area contributed by atoms with Crippen LogP contribution in [-0.4, -0.2) is 26.0 Å². The zero-order valence-electron chi connectivity index (χ0n) is 14.1. The number of carbonyl (C=O) groups is 2. The molecule has 0 aromatic heterocycles. The Hall–Kier alpha value is -3.09. The molecule has 2 aromatic carbocycles. The number of anilines is 1. The molecule has 0 aliphatic rings. The second kappa shape index (κ2) is 8.14. The Labute approximate surface area is 144 Å². The van der Waals surface area contributed by atoms with E-state index in [0.29, 0.717) is 11.5 Å². The molecular formula is C18H19FN2O4.